The molecule has 0 bridgehead atoms. The van der Waals surface area contributed by atoms with Crippen LogP contribution in [0.1, 0.15) is 27.0 Å². The summed E-state index contributed by atoms with van der Waals surface area (Å²) < 4.78 is 5.09. The molecule has 0 unspecified atom stereocenters. The van der Waals surface area contributed by atoms with Gasteiger partial charge in [-0.25, -0.2) is 0 Å². The van der Waals surface area contributed by atoms with Gasteiger partial charge in [0, 0.05) is 5.69 Å². The number of amides is 2. The number of para-hydroxylation sites is 1. The summed E-state index contributed by atoms with van der Waals surface area (Å²) in [6.45, 7) is 3.41. The first kappa shape index (κ1) is 21.8. The minimum absolute atomic E-state index is 0.0927. The number of benzene rings is 3. The van der Waals surface area contributed by atoms with Gasteiger partial charge in [0.25, 0.3) is 11.8 Å². The lowest BCUT2D eigenvalue weighted by molar-refractivity contribution is -0.146. The second-order valence-corrected chi connectivity index (χ2v) is 7.18. The first-order valence-corrected chi connectivity index (χ1v) is 9.89. The summed E-state index contributed by atoms with van der Waals surface area (Å²) in [5.74, 6) is -1.36. The van der Waals surface area contributed by atoms with Gasteiger partial charge in [-0.05, 0) is 54.8 Å². The molecule has 0 heterocycles. The normalized spacial score (nSPS) is 10.3. The van der Waals surface area contributed by atoms with Crippen LogP contribution in [0, 0.1) is 13.8 Å². The van der Waals surface area contributed by atoms with E-state index in [2.05, 4.69) is 10.6 Å². The molecule has 2 amide bonds. The third-order valence-electron chi connectivity index (χ3n) is 4.68. The van der Waals surface area contributed by atoms with Gasteiger partial charge in [-0.3, -0.25) is 14.4 Å². The highest BCUT2D eigenvalue weighted by molar-refractivity contribution is 6.10. The monoisotopic (exact) mass is 416 g/mol. The fraction of sp³-hybridized carbons (Fsp3) is 0.160. The Morgan fingerprint density at radius 1 is 0.839 bits per heavy atom. The molecule has 3 aromatic rings. The van der Waals surface area contributed by atoms with E-state index in [1.807, 2.05) is 56.3 Å². The molecule has 3 rings (SSSR count). The fourth-order valence-electron chi connectivity index (χ4n) is 3.06. The molecule has 158 valence electrons. The molecule has 0 fully saturated rings. The molecule has 0 aliphatic heterocycles. The Morgan fingerprint density at radius 3 is 2.35 bits per heavy atom. The summed E-state index contributed by atoms with van der Waals surface area (Å²) in [6.07, 6.45) is 0.0927. The van der Waals surface area contributed by atoms with E-state index in [0.717, 1.165) is 16.7 Å². The molecular formula is C25H24N2O4. The Balaban J connectivity index is 1.58. The van der Waals surface area contributed by atoms with Crippen LogP contribution in [0.3, 0.4) is 0 Å². The number of aryl methyl sites for hydroxylation is 2. The first-order chi connectivity index (χ1) is 14.9. The zero-order chi connectivity index (χ0) is 22.2. The van der Waals surface area contributed by atoms with Crippen molar-refractivity contribution in [2.75, 3.05) is 17.2 Å². The highest BCUT2D eigenvalue weighted by atomic mass is 16.5. The van der Waals surface area contributed by atoms with Crippen LogP contribution in [0.4, 0.5) is 11.4 Å². The smallest absolute Gasteiger partial charge is 0.310 e. The Bertz CT molecular complexity index is 1110. The lowest BCUT2D eigenvalue weighted by Gasteiger charge is -2.12. The van der Waals surface area contributed by atoms with Crippen molar-refractivity contribution in [2.45, 2.75) is 20.3 Å². The average Bonchev–Trinajstić information content (AvgIpc) is 2.74. The largest absolute Gasteiger partial charge is 0.455 e. The maximum atomic E-state index is 12.7. The summed E-state index contributed by atoms with van der Waals surface area (Å²) in [4.78, 5) is 37.0. The van der Waals surface area contributed by atoms with Crippen molar-refractivity contribution in [1.29, 1.82) is 0 Å². The molecule has 6 heteroatoms. The fourth-order valence-corrected chi connectivity index (χ4v) is 3.06. The van der Waals surface area contributed by atoms with Gasteiger partial charge in [0.1, 0.15) is 0 Å². The van der Waals surface area contributed by atoms with Gasteiger partial charge in [-0.1, -0.05) is 48.5 Å². The third kappa shape index (κ3) is 6.27. The predicted octanol–water partition coefficient (Wildman–Crippen LogP) is 4.28. The number of ether oxygens (including phenoxy) is 1. The van der Waals surface area contributed by atoms with Crippen LogP contribution in [0.2, 0.25) is 0 Å². The molecule has 0 aliphatic carbocycles. The van der Waals surface area contributed by atoms with Crippen LogP contribution in [-0.2, 0) is 20.7 Å². The summed E-state index contributed by atoms with van der Waals surface area (Å²) >= 11 is 0. The van der Waals surface area contributed by atoms with E-state index >= 15 is 0 Å². The van der Waals surface area contributed by atoms with Gasteiger partial charge in [0.15, 0.2) is 6.61 Å². The molecule has 0 aromatic heterocycles. The Hall–Kier alpha value is -3.93. The molecule has 31 heavy (non-hydrogen) atoms. The lowest BCUT2D eigenvalue weighted by atomic mass is 10.1. The van der Waals surface area contributed by atoms with E-state index in [4.69, 9.17) is 4.74 Å². The summed E-state index contributed by atoms with van der Waals surface area (Å²) in [7, 11) is 0. The van der Waals surface area contributed by atoms with Crippen molar-refractivity contribution in [1.82, 2.24) is 0 Å². The van der Waals surface area contributed by atoms with Gasteiger partial charge in [0.2, 0.25) is 0 Å². The number of hydrogen-bond donors (Lipinski definition) is 2. The lowest BCUT2D eigenvalue weighted by Crippen LogP contribution is -2.23. The molecular weight excluding hydrogens is 392 g/mol. The Kier molecular flexibility index (Phi) is 7.17. The average molecular weight is 416 g/mol. The standard InChI is InChI=1S/C25H24N2O4/c1-17-8-7-11-20(14-17)26-25(30)21-12-5-6-13-22(21)27-23(28)16-31-24(29)15-19-10-4-3-9-18(19)2/h3-14H,15-16H2,1-2H3,(H,26,30)(H,27,28). The predicted molar refractivity (Wildman–Crippen MR) is 120 cm³/mol. The second-order valence-electron chi connectivity index (χ2n) is 7.18. The number of esters is 1. The van der Waals surface area contributed by atoms with Crippen LogP contribution in [-0.4, -0.2) is 24.4 Å². The van der Waals surface area contributed by atoms with E-state index in [-0.39, 0.29) is 12.3 Å². The molecule has 0 spiro atoms. The topological polar surface area (TPSA) is 84.5 Å². The van der Waals surface area contributed by atoms with E-state index in [1.165, 1.54) is 0 Å². The molecule has 0 saturated carbocycles. The van der Waals surface area contributed by atoms with E-state index in [0.29, 0.717) is 16.9 Å². The van der Waals surface area contributed by atoms with Crippen LogP contribution >= 0.6 is 0 Å². The minimum atomic E-state index is -0.520. The van der Waals surface area contributed by atoms with Crippen LogP contribution in [0.15, 0.2) is 72.8 Å². The van der Waals surface area contributed by atoms with Crippen molar-refractivity contribution in [3.05, 3.63) is 95.1 Å². The third-order valence-corrected chi connectivity index (χ3v) is 4.68. The zero-order valence-electron chi connectivity index (χ0n) is 17.5. The quantitative estimate of drug-likeness (QED) is 0.563. The molecule has 3 aromatic carbocycles. The van der Waals surface area contributed by atoms with Crippen molar-refractivity contribution in [3.8, 4) is 0 Å². The molecule has 0 saturated heterocycles. The van der Waals surface area contributed by atoms with Gasteiger partial charge >= 0.3 is 5.97 Å². The summed E-state index contributed by atoms with van der Waals surface area (Å²) in [6, 6.07) is 21.6. The van der Waals surface area contributed by atoms with Crippen LogP contribution < -0.4 is 10.6 Å². The highest BCUT2D eigenvalue weighted by Crippen LogP contribution is 2.18. The van der Waals surface area contributed by atoms with Crippen LogP contribution in [0.5, 0.6) is 0 Å². The second kappa shape index (κ2) is 10.2. The van der Waals surface area contributed by atoms with E-state index in [1.54, 1.807) is 30.3 Å². The maximum Gasteiger partial charge on any atom is 0.310 e. The molecule has 2 N–H and O–H groups in total. The van der Waals surface area contributed by atoms with E-state index in [9.17, 15) is 14.4 Å². The number of carbonyl (C=O) groups is 3. The SMILES string of the molecule is Cc1cccc(NC(=O)c2ccccc2NC(=O)COC(=O)Cc2ccccc2C)c1. The minimum Gasteiger partial charge on any atom is -0.455 e. The number of rotatable bonds is 7. The number of carbonyl (C=O) groups excluding carboxylic acids is 3. The van der Waals surface area contributed by atoms with Crippen LogP contribution in [0.25, 0.3) is 0 Å². The van der Waals surface area contributed by atoms with Gasteiger partial charge in [0.05, 0.1) is 17.7 Å². The van der Waals surface area contributed by atoms with Crippen molar-refractivity contribution in [3.63, 3.8) is 0 Å². The Morgan fingerprint density at radius 2 is 1.58 bits per heavy atom. The van der Waals surface area contributed by atoms with Crippen molar-refractivity contribution < 1.29 is 19.1 Å². The van der Waals surface area contributed by atoms with Crippen molar-refractivity contribution in [2.24, 2.45) is 0 Å². The highest BCUT2D eigenvalue weighted by Gasteiger charge is 2.15. The maximum absolute atomic E-state index is 12.7. The van der Waals surface area contributed by atoms with E-state index < -0.39 is 18.5 Å². The molecule has 0 atom stereocenters. The van der Waals surface area contributed by atoms with Gasteiger partial charge in [-0.15, -0.1) is 0 Å². The van der Waals surface area contributed by atoms with Gasteiger partial charge in [-0.2, -0.15) is 0 Å². The molecule has 0 aliphatic rings. The Labute approximate surface area is 181 Å². The number of hydrogen-bond acceptors (Lipinski definition) is 4. The number of nitrogens with one attached hydrogen (secondary N) is 2. The molecule has 0 radical (unpaired) electrons. The van der Waals surface area contributed by atoms with Gasteiger partial charge < -0.3 is 15.4 Å². The summed E-state index contributed by atoms with van der Waals surface area (Å²) in [5, 5.41) is 5.46. The van der Waals surface area contributed by atoms with Crippen molar-refractivity contribution >= 4 is 29.2 Å². The first-order valence-electron chi connectivity index (χ1n) is 9.89. The number of anilines is 2. The zero-order valence-corrected chi connectivity index (χ0v) is 17.5. The summed E-state index contributed by atoms with van der Waals surface area (Å²) in [5.41, 5.74) is 4.17. The molecule has 6 nitrogen and oxygen atoms in total.